The van der Waals surface area contributed by atoms with Crippen molar-refractivity contribution >= 4 is 9.84 Å². The van der Waals surface area contributed by atoms with Crippen molar-refractivity contribution in [1.29, 1.82) is 0 Å². The van der Waals surface area contributed by atoms with Crippen molar-refractivity contribution in [1.82, 2.24) is 5.32 Å². The second kappa shape index (κ2) is 6.29. The van der Waals surface area contributed by atoms with E-state index in [-0.39, 0.29) is 22.6 Å². The standard InChI is InChI=1S/C13H20FNO2S/c1-4-15-13(10(2)3)9-18(16,17)12-7-5-6-11(14)8-12/h5-8,10,13,15H,4,9H2,1-3H3. The molecule has 0 aromatic heterocycles. The third kappa shape index (κ3) is 4.07. The molecule has 0 heterocycles. The molecule has 0 radical (unpaired) electrons. The van der Waals surface area contributed by atoms with E-state index in [1.807, 2.05) is 20.8 Å². The maximum absolute atomic E-state index is 13.1. The van der Waals surface area contributed by atoms with Gasteiger partial charge in [0.1, 0.15) is 5.82 Å². The van der Waals surface area contributed by atoms with E-state index in [0.29, 0.717) is 6.54 Å². The van der Waals surface area contributed by atoms with Crippen molar-refractivity contribution in [2.24, 2.45) is 5.92 Å². The van der Waals surface area contributed by atoms with Gasteiger partial charge in [-0.2, -0.15) is 0 Å². The van der Waals surface area contributed by atoms with Crippen molar-refractivity contribution < 1.29 is 12.8 Å². The maximum Gasteiger partial charge on any atom is 0.180 e. The Hall–Kier alpha value is -0.940. The third-order valence-electron chi connectivity index (χ3n) is 2.83. The fourth-order valence-corrected chi connectivity index (χ4v) is 3.49. The molecule has 0 bridgehead atoms. The van der Waals surface area contributed by atoms with Crippen LogP contribution in [0.3, 0.4) is 0 Å². The summed E-state index contributed by atoms with van der Waals surface area (Å²) in [5.74, 6) is -0.337. The van der Waals surface area contributed by atoms with Crippen molar-refractivity contribution in [3.05, 3.63) is 30.1 Å². The lowest BCUT2D eigenvalue weighted by Gasteiger charge is -2.21. The van der Waals surface area contributed by atoms with Gasteiger partial charge in [0.2, 0.25) is 0 Å². The fraction of sp³-hybridized carbons (Fsp3) is 0.538. The minimum absolute atomic E-state index is 0.0119. The van der Waals surface area contributed by atoms with Crippen LogP contribution in [-0.4, -0.2) is 26.8 Å². The van der Waals surface area contributed by atoms with E-state index in [1.165, 1.54) is 18.2 Å². The van der Waals surface area contributed by atoms with Gasteiger partial charge in [-0.3, -0.25) is 0 Å². The average Bonchev–Trinajstić information content (AvgIpc) is 2.28. The number of hydrogen-bond acceptors (Lipinski definition) is 3. The van der Waals surface area contributed by atoms with Crippen LogP contribution in [0.15, 0.2) is 29.2 Å². The van der Waals surface area contributed by atoms with E-state index in [9.17, 15) is 12.8 Å². The molecule has 0 amide bonds. The lowest BCUT2D eigenvalue weighted by molar-refractivity contribution is 0.435. The smallest absolute Gasteiger partial charge is 0.180 e. The molecular formula is C13H20FNO2S. The molecule has 1 aromatic carbocycles. The summed E-state index contributed by atoms with van der Waals surface area (Å²) in [5, 5.41) is 3.15. The van der Waals surface area contributed by atoms with E-state index in [4.69, 9.17) is 0 Å². The van der Waals surface area contributed by atoms with Gasteiger partial charge in [-0.15, -0.1) is 0 Å². The molecule has 1 rings (SSSR count). The molecule has 0 aliphatic heterocycles. The minimum atomic E-state index is -3.45. The lowest BCUT2D eigenvalue weighted by Crippen LogP contribution is -2.39. The molecule has 0 aliphatic carbocycles. The highest BCUT2D eigenvalue weighted by Crippen LogP contribution is 2.15. The Morgan fingerprint density at radius 1 is 1.33 bits per heavy atom. The van der Waals surface area contributed by atoms with E-state index in [0.717, 1.165) is 6.07 Å². The van der Waals surface area contributed by atoms with Gasteiger partial charge < -0.3 is 5.32 Å². The van der Waals surface area contributed by atoms with E-state index in [2.05, 4.69) is 5.32 Å². The zero-order chi connectivity index (χ0) is 13.8. The molecule has 3 nitrogen and oxygen atoms in total. The molecule has 0 fully saturated rings. The van der Waals surface area contributed by atoms with Gasteiger partial charge in [0, 0.05) is 6.04 Å². The molecule has 1 aromatic rings. The normalized spacial score (nSPS) is 13.8. The van der Waals surface area contributed by atoms with Gasteiger partial charge in [0.05, 0.1) is 10.6 Å². The fourth-order valence-electron chi connectivity index (χ4n) is 1.74. The second-order valence-electron chi connectivity index (χ2n) is 4.65. The number of nitrogens with one attached hydrogen (secondary N) is 1. The average molecular weight is 273 g/mol. The number of benzene rings is 1. The first kappa shape index (κ1) is 15.1. The summed E-state index contributed by atoms with van der Waals surface area (Å²) in [7, 11) is -3.45. The SMILES string of the molecule is CCNC(CS(=O)(=O)c1cccc(F)c1)C(C)C. The third-order valence-corrected chi connectivity index (χ3v) is 4.60. The van der Waals surface area contributed by atoms with Crippen molar-refractivity contribution in [3.63, 3.8) is 0 Å². The number of rotatable bonds is 6. The highest BCUT2D eigenvalue weighted by Gasteiger charge is 2.23. The van der Waals surface area contributed by atoms with E-state index < -0.39 is 15.7 Å². The summed E-state index contributed by atoms with van der Waals surface area (Å²) >= 11 is 0. The zero-order valence-electron chi connectivity index (χ0n) is 11.0. The van der Waals surface area contributed by atoms with Gasteiger partial charge in [-0.05, 0) is 30.7 Å². The van der Waals surface area contributed by atoms with Crippen LogP contribution in [0.4, 0.5) is 4.39 Å². The van der Waals surface area contributed by atoms with Crippen LogP contribution in [0.1, 0.15) is 20.8 Å². The van der Waals surface area contributed by atoms with Crippen LogP contribution >= 0.6 is 0 Å². The van der Waals surface area contributed by atoms with Crippen LogP contribution in [0.2, 0.25) is 0 Å². The second-order valence-corrected chi connectivity index (χ2v) is 6.68. The van der Waals surface area contributed by atoms with Crippen LogP contribution in [-0.2, 0) is 9.84 Å². The maximum atomic E-state index is 13.1. The summed E-state index contributed by atoms with van der Waals surface area (Å²) in [6, 6.07) is 5.03. The molecule has 0 saturated heterocycles. The zero-order valence-corrected chi connectivity index (χ0v) is 11.8. The summed E-state index contributed by atoms with van der Waals surface area (Å²) in [6.45, 7) is 6.58. The number of hydrogen-bond donors (Lipinski definition) is 1. The predicted octanol–water partition coefficient (Wildman–Crippen LogP) is 2.23. The lowest BCUT2D eigenvalue weighted by atomic mass is 10.1. The highest BCUT2D eigenvalue weighted by molar-refractivity contribution is 7.91. The molecule has 18 heavy (non-hydrogen) atoms. The summed E-state index contributed by atoms with van der Waals surface area (Å²) in [5.41, 5.74) is 0. The van der Waals surface area contributed by atoms with Gasteiger partial charge in [0.15, 0.2) is 9.84 Å². The highest BCUT2D eigenvalue weighted by atomic mass is 32.2. The van der Waals surface area contributed by atoms with Gasteiger partial charge in [-0.25, -0.2) is 12.8 Å². The summed E-state index contributed by atoms with van der Waals surface area (Å²) in [6.07, 6.45) is 0. The first-order valence-electron chi connectivity index (χ1n) is 6.08. The van der Waals surface area contributed by atoms with E-state index >= 15 is 0 Å². The van der Waals surface area contributed by atoms with Crippen LogP contribution in [0.5, 0.6) is 0 Å². The van der Waals surface area contributed by atoms with E-state index in [1.54, 1.807) is 0 Å². The molecule has 0 aliphatic rings. The molecule has 1 N–H and O–H groups in total. The van der Waals surface area contributed by atoms with Gasteiger partial charge >= 0.3 is 0 Å². The summed E-state index contributed by atoms with van der Waals surface area (Å²) < 4.78 is 37.4. The minimum Gasteiger partial charge on any atom is -0.313 e. The first-order chi connectivity index (χ1) is 8.36. The molecule has 0 spiro atoms. The Morgan fingerprint density at radius 3 is 2.50 bits per heavy atom. The Morgan fingerprint density at radius 2 is 2.00 bits per heavy atom. The molecule has 5 heteroatoms. The Bertz CT molecular complexity index is 486. The quantitative estimate of drug-likeness (QED) is 0.864. The largest absolute Gasteiger partial charge is 0.313 e. The monoisotopic (exact) mass is 273 g/mol. The molecular weight excluding hydrogens is 253 g/mol. The number of sulfone groups is 1. The Balaban J connectivity index is 2.93. The topological polar surface area (TPSA) is 46.2 Å². The number of halogens is 1. The van der Waals surface area contributed by atoms with Crippen LogP contribution in [0, 0.1) is 11.7 Å². The first-order valence-corrected chi connectivity index (χ1v) is 7.73. The van der Waals surface area contributed by atoms with Gasteiger partial charge in [-0.1, -0.05) is 26.8 Å². The van der Waals surface area contributed by atoms with Crippen molar-refractivity contribution in [3.8, 4) is 0 Å². The van der Waals surface area contributed by atoms with Crippen LogP contribution in [0.25, 0.3) is 0 Å². The Labute approximate surface area is 108 Å². The molecule has 0 saturated carbocycles. The van der Waals surface area contributed by atoms with Gasteiger partial charge in [0.25, 0.3) is 0 Å². The van der Waals surface area contributed by atoms with Crippen LogP contribution < -0.4 is 5.32 Å². The summed E-state index contributed by atoms with van der Waals surface area (Å²) in [4.78, 5) is 0.0473. The molecule has 1 atom stereocenters. The Kier molecular flexibility index (Phi) is 5.28. The molecule has 1 unspecified atom stereocenters. The molecule has 102 valence electrons. The predicted molar refractivity (Wildman–Crippen MR) is 70.8 cm³/mol. The van der Waals surface area contributed by atoms with Crippen molar-refractivity contribution in [2.75, 3.05) is 12.3 Å². The van der Waals surface area contributed by atoms with Crippen molar-refractivity contribution in [2.45, 2.75) is 31.7 Å².